The van der Waals surface area contributed by atoms with E-state index < -0.39 is 0 Å². The zero-order chi connectivity index (χ0) is 12.3. The number of carbonyl (C=O) groups is 1. The molecule has 2 heterocycles. The van der Waals surface area contributed by atoms with Gasteiger partial charge in [0.1, 0.15) is 5.76 Å². The van der Waals surface area contributed by atoms with Gasteiger partial charge in [0.2, 0.25) is 5.91 Å². The lowest BCUT2D eigenvalue weighted by Crippen LogP contribution is -2.40. The van der Waals surface area contributed by atoms with E-state index in [4.69, 9.17) is 4.52 Å². The molecule has 1 aromatic rings. The second-order valence-electron chi connectivity index (χ2n) is 4.74. The van der Waals surface area contributed by atoms with Gasteiger partial charge in [-0.1, -0.05) is 12.1 Å². The summed E-state index contributed by atoms with van der Waals surface area (Å²) in [6, 6.07) is 1.78. The molecule has 94 valence electrons. The lowest BCUT2D eigenvalue weighted by atomic mass is 9.99. The highest BCUT2D eigenvalue weighted by Crippen LogP contribution is 2.16. The third kappa shape index (κ3) is 3.22. The Morgan fingerprint density at radius 1 is 1.59 bits per heavy atom. The molecule has 1 saturated heterocycles. The van der Waals surface area contributed by atoms with Crippen LogP contribution in [0, 0.1) is 12.8 Å². The average Bonchev–Trinajstić information content (AvgIpc) is 2.73. The quantitative estimate of drug-likeness (QED) is 0.868. The van der Waals surface area contributed by atoms with Crippen LogP contribution in [-0.4, -0.2) is 35.6 Å². The zero-order valence-electron chi connectivity index (χ0n) is 10.4. The van der Waals surface area contributed by atoms with Gasteiger partial charge >= 0.3 is 0 Å². The number of nitrogens with one attached hydrogen (secondary N) is 1. The van der Waals surface area contributed by atoms with E-state index in [0.717, 1.165) is 37.6 Å². The molecule has 0 atom stereocenters. The Balaban J connectivity index is 1.77. The summed E-state index contributed by atoms with van der Waals surface area (Å²) in [6.45, 7) is 6.10. The van der Waals surface area contributed by atoms with Crippen LogP contribution in [0.15, 0.2) is 10.6 Å². The SMILES string of the molecule is Cc1cc(NCC(=O)N2CCC(C)CC2)no1. The van der Waals surface area contributed by atoms with E-state index in [-0.39, 0.29) is 5.91 Å². The van der Waals surface area contributed by atoms with Crippen LogP contribution in [0.4, 0.5) is 5.82 Å². The summed E-state index contributed by atoms with van der Waals surface area (Å²) in [5.41, 5.74) is 0. The number of piperidine rings is 1. The van der Waals surface area contributed by atoms with Gasteiger partial charge < -0.3 is 14.7 Å². The van der Waals surface area contributed by atoms with Crippen molar-refractivity contribution in [1.29, 1.82) is 0 Å². The van der Waals surface area contributed by atoms with Crippen LogP contribution in [0.3, 0.4) is 0 Å². The number of hydrogen-bond donors (Lipinski definition) is 1. The second-order valence-corrected chi connectivity index (χ2v) is 4.74. The van der Waals surface area contributed by atoms with Gasteiger partial charge in [-0.15, -0.1) is 0 Å². The molecule has 0 radical (unpaired) electrons. The fraction of sp³-hybridized carbons (Fsp3) is 0.667. The molecule has 1 fully saturated rings. The molecule has 0 aromatic carbocycles. The van der Waals surface area contributed by atoms with Crippen molar-refractivity contribution < 1.29 is 9.32 Å². The van der Waals surface area contributed by atoms with E-state index in [9.17, 15) is 4.79 Å². The average molecular weight is 237 g/mol. The Labute approximate surface area is 101 Å². The highest BCUT2D eigenvalue weighted by molar-refractivity contribution is 5.80. The number of amides is 1. The summed E-state index contributed by atoms with van der Waals surface area (Å²) in [6.07, 6.45) is 2.21. The second kappa shape index (κ2) is 5.21. The zero-order valence-corrected chi connectivity index (χ0v) is 10.4. The monoisotopic (exact) mass is 237 g/mol. The first kappa shape index (κ1) is 12.0. The topological polar surface area (TPSA) is 58.4 Å². The van der Waals surface area contributed by atoms with Crippen molar-refractivity contribution >= 4 is 11.7 Å². The highest BCUT2D eigenvalue weighted by Gasteiger charge is 2.19. The van der Waals surface area contributed by atoms with E-state index in [1.165, 1.54) is 0 Å². The van der Waals surface area contributed by atoms with Gasteiger partial charge in [-0.25, -0.2) is 0 Å². The summed E-state index contributed by atoms with van der Waals surface area (Å²) in [7, 11) is 0. The Bertz CT molecular complexity index is 381. The Kier molecular flexibility index (Phi) is 3.66. The largest absolute Gasteiger partial charge is 0.360 e. The molecule has 1 amide bonds. The fourth-order valence-electron chi connectivity index (χ4n) is 1.99. The number of likely N-dealkylation sites (tertiary alicyclic amines) is 1. The maximum Gasteiger partial charge on any atom is 0.241 e. The number of aryl methyl sites for hydroxylation is 1. The molecule has 0 aliphatic carbocycles. The number of rotatable bonds is 3. The Hall–Kier alpha value is -1.52. The third-order valence-electron chi connectivity index (χ3n) is 3.19. The van der Waals surface area contributed by atoms with Crippen molar-refractivity contribution in [2.75, 3.05) is 25.0 Å². The molecule has 0 spiro atoms. The minimum absolute atomic E-state index is 0.137. The summed E-state index contributed by atoms with van der Waals surface area (Å²) >= 11 is 0. The lowest BCUT2D eigenvalue weighted by Gasteiger charge is -2.30. The van der Waals surface area contributed by atoms with Crippen LogP contribution in [0.1, 0.15) is 25.5 Å². The van der Waals surface area contributed by atoms with Gasteiger partial charge in [0, 0.05) is 19.2 Å². The summed E-state index contributed by atoms with van der Waals surface area (Å²) < 4.78 is 4.92. The van der Waals surface area contributed by atoms with E-state index in [0.29, 0.717) is 12.4 Å². The van der Waals surface area contributed by atoms with E-state index in [1.807, 2.05) is 11.8 Å². The molecular formula is C12H19N3O2. The van der Waals surface area contributed by atoms with Crippen LogP contribution in [-0.2, 0) is 4.79 Å². The van der Waals surface area contributed by atoms with Crippen molar-refractivity contribution in [2.45, 2.75) is 26.7 Å². The van der Waals surface area contributed by atoms with Crippen molar-refractivity contribution in [1.82, 2.24) is 10.1 Å². The predicted molar refractivity (Wildman–Crippen MR) is 64.7 cm³/mol. The highest BCUT2D eigenvalue weighted by atomic mass is 16.5. The first-order valence-corrected chi connectivity index (χ1v) is 6.10. The van der Waals surface area contributed by atoms with Gasteiger partial charge in [0.15, 0.2) is 5.82 Å². The maximum atomic E-state index is 11.9. The van der Waals surface area contributed by atoms with Crippen LogP contribution in [0.5, 0.6) is 0 Å². The molecule has 5 heteroatoms. The smallest absolute Gasteiger partial charge is 0.241 e. The standard InChI is InChI=1S/C12H19N3O2/c1-9-3-5-15(6-4-9)12(16)8-13-11-7-10(2)17-14-11/h7,9H,3-6,8H2,1-2H3,(H,13,14). The Morgan fingerprint density at radius 3 is 2.88 bits per heavy atom. The van der Waals surface area contributed by atoms with Crippen LogP contribution in [0.2, 0.25) is 0 Å². The first-order chi connectivity index (χ1) is 8.15. The first-order valence-electron chi connectivity index (χ1n) is 6.10. The molecule has 0 saturated carbocycles. The lowest BCUT2D eigenvalue weighted by molar-refractivity contribution is -0.130. The minimum atomic E-state index is 0.137. The van der Waals surface area contributed by atoms with E-state index >= 15 is 0 Å². The van der Waals surface area contributed by atoms with Gasteiger partial charge in [-0.05, 0) is 25.7 Å². The number of carbonyl (C=O) groups excluding carboxylic acids is 1. The van der Waals surface area contributed by atoms with Crippen molar-refractivity contribution in [3.8, 4) is 0 Å². The molecule has 17 heavy (non-hydrogen) atoms. The van der Waals surface area contributed by atoms with Crippen LogP contribution in [0.25, 0.3) is 0 Å². The van der Waals surface area contributed by atoms with Gasteiger partial charge in [-0.2, -0.15) is 0 Å². The Morgan fingerprint density at radius 2 is 2.29 bits per heavy atom. The third-order valence-corrected chi connectivity index (χ3v) is 3.19. The molecule has 1 N–H and O–H groups in total. The van der Waals surface area contributed by atoms with Gasteiger partial charge in [0.05, 0.1) is 6.54 Å². The molecule has 2 rings (SSSR count). The molecule has 0 unspecified atom stereocenters. The molecule has 0 bridgehead atoms. The van der Waals surface area contributed by atoms with E-state index in [2.05, 4.69) is 17.4 Å². The molecule has 1 aromatic heterocycles. The summed E-state index contributed by atoms with van der Waals surface area (Å²) in [4.78, 5) is 13.8. The maximum absolute atomic E-state index is 11.9. The van der Waals surface area contributed by atoms with Crippen LogP contribution >= 0.6 is 0 Å². The van der Waals surface area contributed by atoms with Crippen molar-refractivity contribution in [3.63, 3.8) is 0 Å². The fourth-order valence-corrected chi connectivity index (χ4v) is 1.99. The van der Waals surface area contributed by atoms with Gasteiger partial charge in [0.25, 0.3) is 0 Å². The molecule has 1 aliphatic heterocycles. The number of hydrogen-bond acceptors (Lipinski definition) is 4. The minimum Gasteiger partial charge on any atom is -0.360 e. The molecule has 1 aliphatic rings. The molecule has 5 nitrogen and oxygen atoms in total. The summed E-state index contributed by atoms with van der Waals surface area (Å²) in [5, 5.41) is 6.77. The predicted octanol–water partition coefficient (Wildman–Crippen LogP) is 1.65. The summed E-state index contributed by atoms with van der Waals surface area (Å²) in [5.74, 6) is 2.25. The van der Waals surface area contributed by atoms with Crippen molar-refractivity contribution in [2.24, 2.45) is 5.92 Å². The van der Waals surface area contributed by atoms with Gasteiger partial charge in [-0.3, -0.25) is 4.79 Å². The molecular weight excluding hydrogens is 218 g/mol. The van der Waals surface area contributed by atoms with Crippen molar-refractivity contribution in [3.05, 3.63) is 11.8 Å². The number of anilines is 1. The van der Waals surface area contributed by atoms with E-state index in [1.54, 1.807) is 6.07 Å². The number of nitrogens with zero attached hydrogens (tertiary/aromatic N) is 2. The van der Waals surface area contributed by atoms with Crippen LogP contribution < -0.4 is 5.32 Å². The number of aromatic nitrogens is 1. The normalized spacial score (nSPS) is 17.2.